The molecule has 276 valence electrons. The van der Waals surface area contributed by atoms with Gasteiger partial charge in [0.25, 0.3) is 5.91 Å². The van der Waals surface area contributed by atoms with Crippen molar-refractivity contribution in [3.63, 3.8) is 0 Å². The Morgan fingerprint density at radius 1 is 1.08 bits per heavy atom. The molecular weight excluding hydrogens is 719 g/mol. The number of hydrogen-bond acceptors (Lipinski definition) is 9. The Morgan fingerprint density at radius 2 is 1.89 bits per heavy atom. The van der Waals surface area contributed by atoms with Gasteiger partial charge in [0, 0.05) is 87.2 Å². The van der Waals surface area contributed by atoms with Gasteiger partial charge < -0.3 is 30.4 Å². The second kappa shape index (κ2) is 13.7. The number of carboxylic acid groups (broad SMARTS) is 1. The molecule has 2 amide bonds. The van der Waals surface area contributed by atoms with Gasteiger partial charge in [-0.2, -0.15) is 0 Å². The molecule has 53 heavy (non-hydrogen) atoms. The van der Waals surface area contributed by atoms with Crippen LogP contribution in [0.5, 0.6) is 5.88 Å². The number of carbonyl (C=O) groups excluding carboxylic acids is 2. The zero-order chi connectivity index (χ0) is 37.1. The molecule has 3 aromatic heterocycles. The van der Waals surface area contributed by atoms with Crippen LogP contribution >= 0.6 is 23.2 Å². The molecule has 3 aliphatic carbocycles. The molecule has 2 aliphatic heterocycles. The highest BCUT2D eigenvalue weighted by Gasteiger charge is 2.71. The van der Waals surface area contributed by atoms with Gasteiger partial charge in [-0.05, 0) is 49.3 Å². The number of rotatable bonds is 12. The first-order valence-electron chi connectivity index (χ1n) is 17.8. The first-order chi connectivity index (χ1) is 25.5. The van der Waals surface area contributed by atoms with Crippen LogP contribution < -0.4 is 20.7 Å². The number of benzene rings is 1. The van der Waals surface area contributed by atoms with Crippen molar-refractivity contribution in [3.05, 3.63) is 75.4 Å². The highest BCUT2D eigenvalue weighted by atomic mass is 35.5. The molecular formula is C38H40Cl2N8O5. The van der Waals surface area contributed by atoms with Gasteiger partial charge in [-0.1, -0.05) is 41.4 Å². The maximum Gasteiger partial charge on any atom is 0.309 e. The summed E-state index contributed by atoms with van der Waals surface area (Å²) in [7, 11) is 3.42. The largest absolute Gasteiger partial charge is 0.481 e. The van der Waals surface area contributed by atoms with E-state index in [9.17, 15) is 19.5 Å². The summed E-state index contributed by atoms with van der Waals surface area (Å²) in [6, 6.07) is 11.0. The van der Waals surface area contributed by atoms with E-state index in [2.05, 4.69) is 25.8 Å². The Bertz CT molecular complexity index is 2130. The summed E-state index contributed by atoms with van der Waals surface area (Å²) >= 11 is 13.9. The van der Waals surface area contributed by atoms with Crippen molar-refractivity contribution >= 4 is 46.7 Å². The third-order valence-electron chi connectivity index (χ3n) is 11.3. The lowest BCUT2D eigenvalue weighted by molar-refractivity contribution is -0.228. The summed E-state index contributed by atoms with van der Waals surface area (Å²) in [5, 5.41) is 19.4. The number of imidazole rings is 1. The van der Waals surface area contributed by atoms with Crippen LogP contribution in [0.15, 0.2) is 42.6 Å². The van der Waals surface area contributed by atoms with Crippen LogP contribution in [0.1, 0.15) is 59.7 Å². The molecule has 4 aromatic rings. The molecule has 9 rings (SSSR count). The smallest absolute Gasteiger partial charge is 0.309 e. The average molecular weight is 760 g/mol. The number of methoxy groups -OCH3 is 1. The van der Waals surface area contributed by atoms with Crippen molar-refractivity contribution in [1.82, 2.24) is 35.1 Å². The van der Waals surface area contributed by atoms with Crippen molar-refractivity contribution < 1.29 is 24.2 Å². The highest BCUT2D eigenvalue weighted by molar-refractivity contribution is 6.39. The fourth-order valence-corrected chi connectivity index (χ4v) is 9.32. The summed E-state index contributed by atoms with van der Waals surface area (Å²) < 4.78 is 7.47. The van der Waals surface area contributed by atoms with Gasteiger partial charge in [-0.15, -0.1) is 0 Å². The second-order valence-corrected chi connectivity index (χ2v) is 15.7. The molecule has 4 fully saturated rings. The number of aromatic nitrogens is 4. The van der Waals surface area contributed by atoms with Crippen molar-refractivity contribution in [1.29, 1.82) is 0 Å². The second-order valence-electron chi connectivity index (χ2n) is 14.9. The van der Waals surface area contributed by atoms with Gasteiger partial charge in [0.1, 0.15) is 0 Å². The number of fused-ring (bicyclic) bond motifs is 1. The molecule has 0 radical (unpaired) electrons. The zero-order valence-corrected chi connectivity index (χ0v) is 31.0. The third-order valence-corrected chi connectivity index (χ3v) is 12.1. The molecule has 1 saturated heterocycles. The number of amides is 2. The predicted molar refractivity (Wildman–Crippen MR) is 199 cm³/mol. The zero-order valence-electron chi connectivity index (χ0n) is 29.5. The van der Waals surface area contributed by atoms with Gasteiger partial charge in [0.2, 0.25) is 11.8 Å². The topological polar surface area (TPSA) is 164 Å². The third kappa shape index (κ3) is 6.43. The lowest BCUT2D eigenvalue weighted by Crippen LogP contribution is -2.68. The Labute approximate surface area is 316 Å². The summed E-state index contributed by atoms with van der Waals surface area (Å²) in [4.78, 5) is 53.1. The van der Waals surface area contributed by atoms with Crippen molar-refractivity contribution in [2.24, 2.45) is 17.9 Å². The Hall–Kier alpha value is -4.56. The summed E-state index contributed by atoms with van der Waals surface area (Å²) in [6.45, 7) is 3.48. The molecule has 5 aliphatic rings. The number of halogens is 2. The van der Waals surface area contributed by atoms with E-state index in [0.29, 0.717) is 65.2 Å². The molecule has 3 saturated carbocycles. The van der Waals surface area contributed by atoms with Crippen LogP contribution in [-0.2, 0) is 36.1 Å². The molecule has 15 heteroatoms. The van der Waals surface area contributed by atoms with E-state index in [0.717, 1.165) is 62.1 Å². The average Bonchev–Trinajstić information content (AvgIpc) is 3.68. The fourth-order valence-electron chi connectivity index (χ4n) is 8.75. The Morgan fingerprint density at radius 3 is 2.62 bits per heavy atom. The molecule has 0 unspecified atom stereocenters. The van der Waals surface area contributed by atoms with Gasteiger partial charge in [0.05, 0.1) is 45.3 Å². The van der Waals surface area contributed by atoms with E-state index in [1.165, 1.54) is 0 Å². The summed E-state index contributed by atoms with van der Waals surface area (Å²) in [5.41, 5.74) is 4.95. The van der Waals surface area contributed by atoms with Crippen LogP contribution in [-0.4, -0.2) is 80.1 Å². The standard InChI is InChI=1S/C38H40Cl2N8O5/c1-47-28-11-13-48(20-37-17-38(18-37,19-37)36(51)52)16-27(28)44-33(47)34(50)45-26-5-3-4-24(30(26)39)32-31(40)23(10-12-42-32)25-8-6-21(35(46-25)53-2)14-41-15-22-7-9-29(49)43-22/h3-6,8,10,12,22,41H,7,9,11,13-20H2,1-2H3,(H,43,49)(H,45,50)(H,51,52)/t22-,37?,38?/m0/s1. The van der Waals surface area contributed by atoms with Crippen molar-refractivity contribution in [3.8, 4) is 28.4 Å². The maximum absolute atomic E-state index is 13.7. The van der Waals surface area contributed by atoms with E-state index in [1.54, 1.807) is 37.6 Å². The Kier molecular flexibility index (Phi) is 9.16. The lowest BCUT2D eigenvalue weighted by atomic mass is 9.35. The molecule has 1 atom stereocenters. The Balaban J connectivity index is 0.959. The minimum absolute atomic E-state index is 0.0817. The van der Waals surface area contributed by atoms with Gasteiger partial charge in [-0.3, -0.25) is 24.3 Å². The van der Waals surface area contributed by atoms with E-state index < -0.39 is 11.4 Å². The molecule has 1 aromatic carbocycles. The van der Waals surface area contributed by atoms with Gasteiger partial charge in [-0.25, -0.2) is 9.97 Å². The fraction of sp³-hybridized carbons (Fsp3) is 0.421. The van der Waals surface area contributed by atoms with E-state index in [1.807, 2.05) is 23.7 Å². The number of carbonyl (C=O) groups is 3. The maximum atomic E-state index is 13.7. The van der Waals surface area contributed by atoms with Crippen LogP contribution in [0.3, 0.4) is 0 Å². The van der Waals surface area contributed by atoms with Crippen LogP contribution in [0, 0.1) is 10.8 Å². The molecule has 13 nitrogen and oxygen atoms in total. The number of nitrogens with zero attached hydrogens (tertiary/aromatic N) is 5. The van der Waals surface area contributed by atoms with E-state index in [-0.39, 0.29) is 34.1 Å². The van der Waals surface area contributed by atoms with Crippen LogP contribution in [0.4, 0.5) is 5.69 Å². The van der Waals surface area contributed by atoms with E-state index >= 15 is 0 Å². The SMILES string of the molecule is COc1nc(-c2ccnc(-c3cccc(NC(=O)c4nc5c(n4C)CCN(CC46CC(C(=O)O)(C4)C6)C5)c3Cl)c2Cl)ccc1CNC[C@@H]1CCC(=O)N1. The summed E-state index contributed by atoms with van der Waals surface area (Å²) in [6.07, 6.45) is 6.01. The van der Waals surface area contributed by atoms with Crippen molar-refractivity contribution in [2.75, 3.05) is 32.1 Å². The first kappa shape index (κ1) is 35.5. The normalized spacial score (nSPS) is 23.1. The first-order valence-corrected chi connectivity index (χ1v) is 18.5. The van der Waals surface area contributed by atoms with Crippen LogP contribution in [0.2, 0.25) is 10.0 Å². The number of anilines is 1. The number of nitrogens with one attached hydrogen (secondary N) is 3. The monoisotopic (exact) mass is 758 g/mol. The summed E-state index contributed by atoms with van der Waals surface area (Å²) in [5.74, 6) is -0.233. The molecule has 4 N–H and O–H groups in total. The number of pyridine rings is 2. The van der Waals surface area contributed by atoms with Gasteiger partial charge >= 0.3 is 5.97 Å². The van der Waals surface area contributed by atoms with Gasteiger partial charge in [0.15, 0.2) is 5.82 Å². The highest BCUT2D eigenvalue weighted by Crippen LogP contribution is 2.73. The number of hydrogen-bond donors (Lipinski definition) is 4. The van der Waals surface area contributed by atoms with Crippen molar-refractivity contribution in [2.45, 2.75) is 57.7 Å². The number of ether oxygens (including phenoxy) is 1. The van der Waals surface area contributed by atoms with Crippen LogP contribution in [0.25, 0.3) is 22.5 Å². The molecule has 2 bridgehead atoms. The predicted octanol–water partition coefficient (Wildman–Crippen LogP) is 5.09. The number of carboxylic acids is 1. The number of aliphatic carboxylic acids is 1. The molecule has 5 heterocycles. The lowest BCUT2D eigenvalue weighted by Gasteiger charge is -2.69. The van der Waals surface area contributed by atoms with E-state index in [4.69, 9.17) is 37.9 Å². The minimum atomic E-state index is -0.669. The minimum Gasteiger partial charge on any atom is -0.481 e. The molecule has 0 spiro atoms. The quantitative estimate of drug-likeness (QED) is 0.153.